The van der Waals surface area contributed by atoms with Gasteiger partial charge in [-0.1, -0.05) is 24.3 Å². The SMILES string of the molecule is c1ccc2c(c1)CC2CNCCN1CCSCC1. The molecule has 3 heteroatoms. The largest absolute Gasteiger partial charge is 0.315 e. The van der Waals surface area contributed by atoms with Crippen molar-refractivity contribution in [2.75, 3.05) is 44.2 Å². The molecule has 1 heterocycles. The smallest absolute Gasteiger partial charge is 0.0107 e. The Hall–Kier alpha value is -0.510. The van der Waals surface area contributed by atoms with Crippen molar-refractivity contribution >= 4 is 11.8 Å². The van der Waals surface area contributed by atoms with E-state index in [1.54, 1.807) is 11.1 Å². The van der Waals surface area contributed by atoms with Crippen molar-refractivity contribution in [3.8, 4) is 0 Å². The Balaban J connectivity index is 1.34. The Morgan fingerprint density at radius 2 is 2.06 bits per heavy atom. The van der Waals surface area contributed by atoms with E-state index in [9.17, 15) is 0 Å². The van der Waals surface area contributed by atoms with Crippen molar-refractivity contribution in [2.24, 2.45) is 0 Å². The summed E-state index contributed by atoms with van der Waals surface area (Å²) in [4.78, 5) is 2.58. The first-order chi connectivity index (χ1) is 8.93. The van der Waals surface area contributed by atoms with E-state index < -0.39 is 0 Å². The molecule has 1 N–H and O–H groups in total. The van der Waals surface area contributed by atoms with E-state index >= 15 is 0 Å². The van der Waals surface area contributed by atoms with E-state index in [0.29, 0.717) is 0 Å². The fourth-order valence-corrected chi connectivity index (χ4v) is 3.86. The molecule has 1 aromatic carbocycles. The molecule has 2 nitrogen and oxygen atoms in total. The number of hydrogen-bond acceptors (Lipinski definition) is 3. The summed E-state index contributed by atoms with van der Waals surface area (Å²) >= 11 is 2.09. The highest BCUT2D eigenvalue weighted by atomic mass is 32.2. The third kappa shape index (κ3) is 2.90. The predicted octanol–water partition coefficient (Wildman–Crippen LogP) is 1.96. The van der Waals surface area contributed by atoms with Crippen molar-refractivity contribution in [1.29, 1.82) is 0 Å². The van der Waals surface area contributed by atoms with Gasteiger partial charge in [0.15, 0.2) is 0 Å². The van der Waals surface area contributed by atoms with Gasteiger partial charge < -0.3 is 10.2 Å². The van der Waals surface area contributed by atoms with Crippen molar-refractivity contribution < 1.29 is 0 Å². The quantitative estimate of drug-likeness (QED) is 0.817. The molecule has 1 saturated heterocycles. The number of nitrogens with one attached hydrogen (secondary N) is 1. The summed E-state index contributed by atoms with van der Waals surface area (Å²) in [5, 5.41) is 3.63. The van der Waals surface area contributed by atoms with Gasteiger partial charge in [-0.3, -0.25) is 0 Å². The second-order valence-electron chi connectivity index (χ2n) is 5.26. The van der Waals surface area contributed by atoms with Crippen LogP contribution in [0.2, 0.25) is 0 Å². The summed E-state index contributed by atoms with van der Waals surface area (Å²) in [7, 11) is 0. The molecule has 0 aromatic heterocycles. The van der Waals surface area contributed by atoms with E-state index in [1.165, 1.54) is 37.6 Å². The zero-order chi connectivity index (χ0) is 12.2. The van der Waals surface area contributed by atoms with Crippen LogP contribution in [0.4, 0.5) is 0 Å². The zero-order valence-electron chi connectivity index (χ0n) is 10.9. The molecule has 0 saturated carbocycles. The van der Waals surface area contributed by atoms with E-state index in [-0.39, 0.29) is 0 Å². The molecule has 0 spiro atoms. The van der Waals surface area contributed by atoms with Crippen molar-refractivity contribution in [2.45, 2.75) is 12.3 Å². The lowest BCUT2D eigenvalue weighted by Gasteiger charge is -2.31. The molecule has 1 fully saturated rings. The maximum atomic E-state index is 3.63. The number of benzene rings is 1. The number of nitrogens with zero attached hydrogens (tertiary/aromatic N) is 1. The van der Waals surface area contributed by atoms with Crippen molar-refractivity contribution in [3.05, 3.63) is 35.4 Å². The van der Waals surface area contributed by atoms with Gasteiger partial charge in [-0.05, 0) is 17.5 Å². The molecule has 0 amide bonds. The molecule has 1 atom stereocenters. The monoisotopic (exact) mass is 262 g/mol. The highest BCUT2D eigenvalue weighted by molar-refractivity contribution is 7.99. The van der Waals surface area contributed by atoms with Gasteiger partial charge >= 0.3 is 0 Å². The Labute approximate surface area is 114 Å². The van der Waals surface area contributed by atoms with Crippen LogP contribution < -0.4 is 5.32 Å². The number of hydrogen-bond donors (Lipinski definition) is 1. The van der Waals surface area contributed by atoms with Crippen LogP contribution in [-0.4, -0.2) is 49.1 Å². The lowest BCUT2D eigenvalue weighted by Crippen LogP contribution is -2.39. The van der Waals surface area contributed by atoms with Gasteiger partial charge in [0.25, 0.3) is 0 Å². The third-order valence-electron chi connectivity index (χ3n) is 4.06. The fourth-order valence-electron chi connectivity index (χ4n) is 2.88. The number of rotatable bonds is 5. The molecule has 3 rings (SSSR count). The van der Waals surface area contributed by atoms with E-state index in [1.807, 2.05) is 0 Å². The standard InChI is InChI=1S/C15H22N2S/c1-2-4-15-13(3-1)11-14(15)12-16-5-6-17-7-9-18-10-8-17/h1-4,14,16H,5-12H2. The first-order valence-electron chi connectivity index (χ1n) is 7.02. The minimum atomic E-state index is 0.762. The molecule has 1 aliphatic carbocycles. The Morgan fingerprint density at radius 1 is 1.22 bits per heavy atom. The average molecular weight is 262 g/mol. The topological polar surface area (TPSA) is 15.3 Å². The van der Waals surface area contributed by atoms with Crippen LogP contribution >= 0.6 is 11.8 Å². The normalized spacial score (nSPS) is 23.4. The van der Waals surface area contributed by atoms with Gasteiger partial charge in [-0.15, -0.1) is 0 Å². The molecule has 0 bridgehead atoms. The molecule has 2 aliphatic rings. The third-order valence-corrected chi connectivity index (χ3v) is 5.00. The number of fused-ring (bicyclic) bond motifs is 1. The maximum Gasteiger partial charge on any atom is 0.0107 e. The first-order valence-corrected chi connectivity index (χ1v) is 8.17. The van der Waals surface area contributed by atoms with Crippen LogP contribution in [0.5, 0.6) is 0 Å². The predicted molar refractivity (Wildman–Crippen MR) is 79.5 cm³/mol. The Kier molecular flexibility index (Phi) is 4.24. The lowest BCUT2D eigenvalue weighted by molar-refractivity contribution is 0.299. The van der Waals surface area contributed by atoms with E-state index in [2.05, 4.69) is 46.2 Å². The second kappa shape index (κ2) is 6.09. The molecule has 1 unspecified atom stereocenters. The summed E-state index contributed by atoms with van der Waals surface area (Å²) in [6, 6.07) is 8.86. The highest BCUT2D eigenvalue weighted by Gasteiger charge is 2.24. The van der Waals surface area contributed by atoms with Crippen LogP contribution in [0.15, 0.2) is 24.3 Å². The molecule has 1 aromatic rings. The molecule has 18 heavy (non-hydrogen) atoms. The van der Waals surface area contributed by atoms with Gasteiger partial charge in [-0.25, -0.2) is 0 Å². The summed E-state index contributed by atoms with van der Waals surface area (Å²) in [6.07, 6.45) is 1.27. The highest BCUT2D eigenvalue weighted by Crippen LogP contribution is 2.33. The second-order valence-corrected chi connectivity index (χ2v) is 6.48. The van der Waals surface area contributed by atoms with Crippen LogP contribution in [0, 0.1) is 0 Å². The minimum Gasteiger partial charge on any atom is -0.315 e. The summed E-state index contributed by atoms with van der Waals surface area (Å²) in [5.74, 6) is 3.39. The number of thioether (sulfide) groups is 1. The van der Waals surface area contributed by atoms with Crippen molar-refractivity contribution in [1.82, 2.24) is 10.2 Å². The zero-order valence-corrected chi connectivity index (χ0v) is 11.7. The minimum absolute atomic E-state index is 0.762. The van der Waals surface area contributed by atoms with Crippen LogP contribution in [-0.2, 0) is 6.42 Å². The molecule has 0 radical (unpaired) electrons. The molecular formula is C15H22N2S. The summed E-state index contributed by atoms with van der Waals surface area (Å²) in [5.41, 5.74) is 3.12. The van der Waals surface area contributed by atoms with Crippen molar-refractivity contribution in [3.63, 3.8) is 0 Å². The van der Waals surface area contributed by atoms with Gasteiger partial charge in [-0.2, -0.15) is 11.8 Å². The summed E-state index contributed by atoms with van der Waals surface area (Å²) < 4.78 is 0. The lowest BCUT2D eigenvalue weighted by atomic mass is 9.78. The van der Waals surface area contributed by atoms with Crippen LogP contribution in [0.25, 0.3) is 0 Å². The average Bonchev–Trinajstić information content (AvgIpc) is 2.40. The first kappa shape index (κ1) is 12.5. The Bertz CT molecular complexity index is 388. The van der Waals surface area contributed by atoms with Gasteiger partial charge in [0.2, 0.25) is 0 Å². The Morgan fingerprint density at radius 3 is 2.89 bits per heavy atom. The fraction of sp³-hybridized carbons (Fsp3) is 0.600. The molecule has 1 aliphatic heterocycles. The van der Waals surface area contributed by atoms with Crippen LogP contribution in [0.3, 0.4) is 0 Å². The summed E-state index contributed by atoms with van der Waals surface area (Å²) in [6.45, 7) is 6.06. The molecular weight excluding hydrogens is 240 g/mol. The van der Waals surface area contributed by atoms with Gasteiger partial charge in [0.1, 0.15) is 0 Å². The van der Waals surface area contributed by atoms with Gasteiger partial charge in [0, 0.05) is 50.1 Å². The van der Waals surface area contributed by atoms with Gasteiger partial charge in [0.05, 0.1) is 0 Å². The van der Waals surface area contributed by atoms with E-state index in [4.69, 9.17) is 0 Å². The maximum absolute atomic E-state index is 3.63. The van der Waals surface area contributed by atoms with E-state index in [0.717, 1.165) is 19.0 Å². The molecule has 98 valence electrons. The van der Waals surface area contributed by atoms with Crippen LogP contribution in [0.1, 0.15) is 17.0 Å².